The van der Waals surface area contributed by atoms with Crippen LogP contribution in [0.1, 0.15) is 0 Å². The van der Waals surface area contributed by atoms with Gasteiger partial charge in [-0.25, -0.2) is 8.78 Å². The number of rotatable bonds is 2. The van der Waals surface area contributed by atoms with Gasteiger partial charge in [-0.1, -0.05) is 17.7 Å². The molecule has 5 heteroatoms. The molecule has 0 aliphatic rings. The van der Waals surface area contributed by atoms with Crippen molar-refractivity contribution in [3.63, 3.8) is 0 Å². The first-order valence-electron chi connectivity index (χ1n) is 4.83. The largest absolute Gasteiger partial charge is 0.397 e. The smallest absolute Gasteiger partial charge is 0.161 e. The van der Waals surface area contributed by atoms with Gasteiger partial charge in [0.2, 0.25) is 0 Å². The Morgan fingerprint density at radius 3 is 2.47 bits per heavy atom. The molecule has 17 heavy (non-hydrogen) atoms. The summed E-state index contributed by atoms with van der Waals surface area (Å²) in [5, 5.41) is 3.40. The number of nitrogens with two attached hydrogens (primary N) is 1. The molecule has 3 N–H and O–H groups in total. The van der Waals surface area contributed by atoms with Crippen molar-refractivity contribution >= 4 is 28.7 Å². The highest BCUT2D eigenvalue weighted by molar-refractivity contribution is 6.30. The fourth-order valence-corrected chi connectivity index (χ4v) is 1.58. The average Bonchev–Trinajstić information content (AvgIpc) is 2.26. The summed E-state index contributed by atoms with van der Waals surface area (Å²) >= 11 is 5.80. The standard InChI is InChI=1S/C12H9ClF2N2/c13-7-2-1-3-8(4-7)17-12-6-10(15)9(14)5-11(12)16/h1-6,17H,16H2. The van der Waals surface area contributed by atoms with Crippen molar-refractivity contribution in [3.8, 4) is 0 Å². The summed E-state index contributed by atoms with van der Waals surface area (Å²) in [5.74, 6) is -1.93. The normalized spacial score (nSPS) is 10.3. The van der Waals surface area contributed by atoms with Crippen molar-refractivity contribution < 1.29 is 8.78 Å². The van der Waals surface area contributed by atoms with Gasteiger partial charge in [-0.2, -0.15) is 0 Å². The Labute approximate surface area is 102 Å². The first-order chi connectivity index (χ1) is 8.06. The number of hydrogen-bond acceptors (Lipinski definition) is 2. The molecule has 2 aromatic rings. The summed E-state index contributed by atoms with van der Waals surface area (Å²) in [5.41, 5.74) is 6.65. The zero-order chi connectivity index (χ0) is 12.4. The molecule has 2 aromatic carbocycles. The summed E-state index contributed by atoms with van der Waals surface area (Å²) in [6, 6.07) is 8.78. The minimum absolute atomic E-state index is 0.129. The van der Waals surface area contributed by atoms with Crippen LogP contribution in [0, 0.1) is 11.6 Å². The zero-order valence-corrected chi connectivity index (χ0v) is 9.43. The molecule has 0 aliphatic carbocycles. The average molecular weight is 255 g/mol. The van der Waals surface area contributed by atoms with E-state index in [9.17, 15) is 8.78 Å². The molecule has 0 saturated carbocycles. The molecular formula is C12H9ClF2N2. The molecular weight excluding hydrogens is 246 g/mol. The molecule has 0 aromatic heterocycles. The van der Waals surface area contributed by atoms with Crippen molar-refractivity contribution in [1.82, 2.24) is 0 Å². The topological polar surface area (TPSA) is 38.0 Å². The second kappa shape index (κ2) is 4.59. The maximum absolute atomic E-state index is 13.0. The van der Waals surface area contributed by atoms with E-state index in [2.05, 4.69) is 5.32 Å². The first-order valence-corrected chi connectivity index (χ1v) is 5.21. The fraction of sp³-hybridized carbons (Fsp3) is 0. The highest BCUT2D eigenvalue weighted by Gasteiger charge is 2.07. The third kappa shape index (κ3) is 2.65. The van der Waals surface area contributed by atoms with Gasteiger partial charge < -0.3 is 11.1 Å². The van der Waals surface area contributed by atoms with E-state index >= 15 is 0 Å². The molecule has 0 fully saturated rings. The van der Waals surface area contributed by atoms with E-state index in [1.54, 1.807) is 24.3 Å². The lowest BCUT2D eigenvalue weighted by Gasteiger charge is -2.10. The van der Waals surface area contributed by atoms with Crippen LogP contribution in [0.15, 0.2) is 36.4 Å². The lowest BCUT2D eigenvalue weighted by atomic mass is 10.2. The van der Waals surface area contributed by atoms with Gasteiger partial charge in [0.05, 0.1) is 11.4 Å². The molecule has 0 saturated heterocycles. The number of hydrogen-bond donors (Lipinski definition) is 2. The molecule has 0 amide bonds. The second-order valence-corrected chi connectivity index (χ2v) is 3.93. The van der Waals surface area contributed by atoms with Crippen LogP contribution >= 0.6 is 11.6 Å². The lowest BCUT2D eigenvalue weighted by Crippen LogP contribution is -1.99. The van der Waals surface area contributed by atoms with Crippen molar-refractivity contribution in [1.29, 1.82) is 0 Å². The van der Waals surface area contributed by atoms with E-state index in [0.717, 1.165) is 12.1 Å². The number of anilines is 3. The maximum atomic E-state index is 13.0. The van der Waals surface area contributed by atoms with E-state index < -0.39 is 11.6 Å². The third-order valence-electron chi connectivity index (χ3n) is 2.20. The summed E-state index contributed by atoms with van der Waals surface area (Å²) < 4.78 is 25.9. The van der Waals surface area contributed by atoms with E-state index in [-0.39, 0.29) is 5.69 Å². The van der Waals surface area contributed by atoms with Crippen molar-refractivity contribution in [2.24, 2.45) is 0 Å². The van der Waals surface area contributed by atoms with Crippen LogP contribution in [0.3, 0.4) is 0 Å². The Kier molecular flexibility index (Phi) is 3.15. The molecule has 88 valence electrons. The quantitative estimate of drug-likeness (QED) is 0.797. The fourth-order valence-electron chi connectivity index (χ4n) is 1.39. The van der Waals surface area contributed by atoms with Crippen LogP contribution in [0.4, 0.5) is 25.8 Å². The molecule has 0 aliphatic heterocycles. The van der Waals surface area contributed by atoms with Gasteiger partial charge in [-0.15, -0.1) is 0 Å². The molecule has 2 rings (SSSR count). The summed E-state index contributed by atoms with van der Waals surface area (Å²) in [7, 11) is 0. The number of nitrogens with one attached hydrogen (secondary N) is 1. The SMILES string of the molecule is Nc1cc(F)c(F)cc1Nc1cccc(Cl)c1. The van der Waals surface area contributed by atoms with Crippen LogP contribution in [0.5, 0.6) is 0 Å². The molecule has 0 heterocycles. The Balaban J connectivity index is 2.33. The molecule has 0 spiro atoms. The highest BCUT2D eigenvalue weighted by Crippen LogP contribution is 2.26. The highest BCUT2D eigenvalue weighted by atomic mass is 35.5. The summed E-state index contributed by atoms with van der Waals surface area (Å²) in [6.07, 6.45) is 0. The van der Waals surface area contributed by atoms with Gasteiger partial charge in [0.1, 0.15) is 0 Å². The molecule has 0 bridgehead atoms. The minimum Gasteiger partial charge on any atom is -0.397 e. The van der Waals surface area contributed by atoms with Crippen LogP contribution in [-0.4, -0.2) is 0 Å². The van der Waals surface area contributed by atoms with Crippen LogP contribution in [-0.2, 0) is 0 Å². The zero-order valence-electron chi connectivity index (χ0n) is 8.68. The molecule has 0 atom stereocenters. The number of nitrogen functional groups attached to an aromatic ring is 1. The van der Waals surface area contributed by atoms with Crippen LogP contribution in [0.2, 0.25) is 5.02 Å². The second-order valence-electron chi connectivity index (χ2n) is 3.49. The van der Waals surface area contributed by atoms with Gasteiger partial charge in [-0.3, -0.25) is 0 Å². The third-order valence-corrected chi connectivity index (χ3v) is 2.43. The van der Waals surface area contributed by atoms with Crippen molar-refractivity contribution in [3.05, 3.63) is 53.1 Å². The van der Waals surface area contributed by atoms with Crippen molar-refractivity contribution in [2.45, 2.75) is 0 Å². The molecule has 0 unspecified atom stereocenters. The maximum Gasteiger partial charge on any atom is 0.161 e. The summed E-state index contributed by atoms with van der Waals surface area (Å²) in [4.78, 5) is 0. The van der Waals surface area contributed by atoms with E-state index in [1.165, 1.54) is 0 Å². The predicted octanol–water partition coefficient (Wildman–Crippen LogP) is 3.94. The van der Waals surface area contributed by atoms with Gasteiger partial charge >= 0.3 is 0 Å². The van der Waals surface area contributed by atoms with Crippen LogP contribution in [0.25, 0.3) is 0 Å². The Hall–Kier alpha value is -1.81. The van der Waals surface area contributed by atoms with Gasteiger partial charge in [-0.05, 0) is 18.2 Å². The Morgan fingerprint density at radius 1 is 1.06 bits per heavy atom. The number of halogens is 3. The number of benzene rings is 2. The van der Waals surface area contributed by atoms with Gasteiger partial charge in [0, 0.05) is 22.8 Å². The van der Waals surface area contributed by atoms with E-state index in [4.69, 9.17) is 17.3 Å². The Bertz CT molecular complexity index is 558. The van der Waals surface area contributed by atoms with E-state index in [1.807, 2.05) is 0 Å². The van der Waals surface area contributed by atoms with Gasteiger partial charge in [0.25, 0.3) is 0 Å². The molecule has 2 nitrogen and oxygen atoms in total. The lowest BCUT2D eigenvalue weighted by molar-refractivity contribution is 0.509. The predicted molar refractivity (Wildman–Crippen MR) is 65.5 cm³/mol. The Morgan fingerprint density at radius 2 is 1.76 bits per heavy atom. The first kappa shape index (κ1) is 11.7. The monoisotopic (exact) mass is 254 g/mol. The van der Waals surface area contributed by atoms with E-state index in [0.29, 0.717) is 16.4 Å². The van der Waals surface area contributed by atoms with Gasteiger partial charge in [0.15, 0.2) is 11.6 Å². The van der Waals surface area contributed by atoms with Crippen LogP contribution < -0.4 is 11.1 Å². The molecule has 0 radical (unpaired) electrons. The minimum atomic E-state index is -0.973. The van der Waals surface area contributed by atoms with Crippen molar-refractivity contribution in [2.75, 3.05) is 11.1 Å². The summed E-state index contributed by atoms with van der Waals surface area (Å²) in [6.45, 7) is 0.